The Morgan fingerprint density at radius 3 is 2.53 bits per heavy atom. The number of hydrogen-bond acceptors (Lipinski definition) is 7. The van der Waals surface area contributed by atoms with E-state index in [0.29, 0.717) is 37.3 Å². The molecule has 0 spiro atoms. The molecule has 1 saturated carbocycles. The van der Waals surface area contributed by atoms with Gasteiger partial charge in [0.15, 0.2) is 5.78 Å². The van der Waals surface area contributed by atoms with Crippen molar-refractivity contribution in [1.29, 1.82) is 0 Å². The molecule has 3 heterocycles. The van der Waals surface area contributed by atoms with Crippen molar-refractivity contribution >= 4 is 23.4 Å². The number of Topliss-reactive ketones (excluding diaryl/α,β-unsaturated/α-hetero) is 1. The van der Waals surface area contributed by atoms with Crippen molar-refractivity contribution in [2.24, 2.45) is 0 Å². The second kappa shape index (κ2) is 9.45. The van der Waals surface area contributed by atoms with Crippen molar-refractivity contribution in [1.82, 2.24) is 14.9 Å². The largest absolute Gasteiger partial charge is 0.383 e. The molecule has 2 aromatic rings. The molecule has 0 unspecified atom stereocenters. The predicted molar refractivity (Wildman–Crippen MR) is 128 cm³/mol. The van der Waals surface area contributed by atoms with E-state index in [1.807, 2.05) is 0 Å². The number of benzene rings is 1. The molecular formula is C25H34N6O. The van der Waals surface area contributed by atoms with Gasteiger partial charge in [-0.15, -0.1) is 0 Å². The molecule has 170 valence electrons. The van der Waals surface area contributed by atoms with Crippen LogP contribution >= 0.6 is 0 Å². The summed E-state index contributed by atoms with van der Waals surface area (Å²) in [5.41, 5.74) is 9.60. The third-order valence-electron chi connectivity index (χ3n) is 6.97. The lowest BCUT2D eigenvalue weighted by molar-refractivity contribution is -0.117. The number of aromatic nitrogens is 2. The highest BCUT2D eigenvalue weighted by Crippen LogP contribution is 2.31. The van der Waals surface area contributed by atoms with Crippen LogP contribution < -0.4 is 16.0 Å². The minimum absolute atomic E-state index is 0.161. The van der Waals surface area contributed by atoms with E-state index in [2.05, 4.69) is 44.4 Å². The van der Waals surface area contributed by atoms with Gasteiger partial charge in [0, 0.05) is 31.1 Å². The number of fused-ring (bicyclic) bond motifs is 1. The lowest BCUT2D eigenvalue weighted by Crippen LogP contribution is -2.37. The number of nitrogens with two attached hydrogens (primary N) is 1. The van der Waals surface area contributed by atoms with Crippen LogP contribution in [0.5, 0.6) is 0 Å². The maximum atomic E-state index is 12.5. The van der Waals surface area contributed by atoms with E-state index < -0.39 is 0 Å². The molecule has 1 aromatic heterocycles. The number of likely N-dealkylation sites (tertiary alicyclic amines) is 1. The number of hydrogen-bond donors (Lipinski definition) is 2. The normalized spacial score (nSPS) is 19.9. The highest BCUT2D eigenvalue weighted by atomic mass is 16.1. The van der Waals surface area contributed by atoms with Crippen LogP contribution in [0, 0.1) is 0 Å². The fourth-order valence-corrected chi connectivity index (χ4v) is 5.33. The Labute approximate surface area is 190 Å². The number of carbonyl (C=O) groups excluding carboxylic acids is 1. The van der Waals surface area contributed by atoms with Crippen LogP contribution in [0.4, 0.5) is 17.6 Å². The van der Waals surface area contributed by atoms with Gasteiger partial charge in [0.05, 0.1) is 6.54 Å². The predicted octanol–water partition coefficient (Wildman–Crippen LogP) is 3.53. The number of nitrogens with zero attached hydrogens (tertiary/aromatic N) is 4. The first-order valence-corrected chi connectivity index (χ1v) is 12.1. The zero-order chi connectivity index (χ0) is 21.9. The van der Waals surface area contributed by atoms with E-state index in [0.717, 1.165) is 30.8 Å². The smallest absolute Gasteiger partial charge is 0.226 e. The monoisotopic (exact) mass is 434 g/mol. The standard InChI is InChI=1S/C25H34N6O/c26-23-22-14-21(32)17-31(24(22)29-25(28-23)27-20-9-2-1-3-10-20)16-19-8-6-7-18(13-19)15-30-11-4-5-12-30/h6-8,13,20H,1-5,9-12,14-17H2,(H3,26,27,28,29). The molecule has 0 amide bonds. The van der Waals surface area contributed by atoms with Gasteiger partial charge in [-0.25, -0.2) is 0 Å². The fourth-order valence-electron chi connectivity index (χ4n) is 5.33. The second-order valence-electron chi connectivity index (χ2n) is 9.59. The molecule has 32 heavy (non-hydrogen) atoms. The molecule has 2 aliphatic heterocycles. The lowest BCUT2D eigenvalue weighted by Gasteiger charge is -2.31. The van der Waals surface area contributed by atoms with Crippen LogP contribution in [0.3, 0.4) is 0 Å². The van der Waals surface area contributed by atoms with Crippen molar-refractivity contribution < 1.29 is 4.79 Å². The number of rotatable bonds is 6. The van der Waals surface area contributed by atoms with E-state index >= 15 is 0 Å². The Hall–Kier alpha value is -2.67. The molecule has 3 aliphatic rings. The van der Waals surface area contributed by atoms with E-state index in [9.17, 15) is 4.79 Å². The van der Waals surface area contributed by atoms with Crippen molar-refractivity contribution in [2.75, 3.05) is 35.6 Å². The zero-order valence-corrected chi connectivity index (χ0v) is 18.9. The summed E-state index contributed by atoms with van der Waals surface area (Å²) in [6, 6.07) is 9.13. The molecule has 0 radical (unpaired) electrons. The summed E-state index contributed by atoms with van der Waals surface area (Å²) in [5.74, 6) is 1.98. The van der Waals surface area contributed by atoms with Gasteiger partial charge < -0.3 is 16.0 Å². The Morgan fingerprint density at radius 1 is 1.00 bits per heavy atom. The van der Waals surface area contributed by atoms with E-state index in [1.54, 1.807) is 0 Å². The first-order chi connectivity index (χ1) is 15.6. The van der Waals surface area contributed by atoms with Gasteiger partial charge in [-0.2, -0.15) is 9.97 Å². The number of carbonyl (C=O) groups is 1. The van der Waals surface area contributed by atoms with Crippen molar-refractivity contribution in [3.05, 3.63) is 41.0 Å². The highest BCUT2D eigenvalue weighted by molar-refractivity contribution is 5.91. The van der Waals surface area contributed by atoms with Crippen LogP contribution in [-0.2, 0) is 24.3 Å². The Bertz CT molecular complexity index is 965. The molecule has 5 rings (SSSR count). The maximum absolute atomic E-state index is 12.5. The van der Waals surface area contributed by atoms with Crippen molar-refractivity contribution in [3.8, 4) is 0 Å². The quantitative estimate of drug-likeness (QED) is 0.719. The Morgan fingerprint density at radius 2 is 1.75 bits per heavy atom. The van der Waals surface area contributed by atoms with Crippen LogP contribution in [0.1, 0.15) is 61.6 Å². The number of nitrogen functional groups attached to an aromatic ring is 1. The summed E-state index contributed by atoms with van der Waals surface area (Å²) in [6.45, 7) is 4.37. The molecule has 1 saturated heterocycles. The third kappa shape index (κ3) is 4.88. The van der Waals surface area contributed by atoms with E-state index in [1.165, 1.54) is 56.3 Å². The van der Waals surface area contributed by atoms with Crippen molar-refractivity contribution in [3.63, 3.8) is 0 Å². The minimum atomic E-state index is 0.161. The molecule has 1 aliphatic carbocycles. The Balaban J connectivity index is 1.36. The molecule has 1 aromatic carbocycles. The SMILES string of the molecule is Nc1nc(NC2CCCCC2)nc2c1CC(=O)CN2Cc1cccc(CN2CCCC2)c1. The molecule has 3 N–H and O–H groups in total. The maximum Gasteiger partial charge on any atom is 0.226 e. The lowest BCUT2D eigenvalue weighted by atomic mass is 9.96. The summed E-state index contributed by atoms with van der Waals surface area (Å²) in [7, 11) is 0. The second-order valence-corrected chi connectivity index (χ2v) is 9.59. The van der Waals surface area contributed by atoms with Gasteiger partial charge in [-0.05, 0) is 49.9 Å². The topological polar surface area (TPSA) is 87.4 Å². The fraction of sp³-hybridized carbons (Fsp3) is 0.560. The summed E-state index contributed by atoms with van der Waals surface area (Å²) in [5, 5.41) is 3.50. The van der Waals surface area contributed by atoms with Crippen LogP contribution in [0.15, 0.2) is 24.3 Å². The number of ketones is 1. The zero-order valence-electron chi connectivity index (χ0n) is 18.9. The summed E-state index contributed by atoms with van der Waals surface area (Å²) < 4.78 is 0. The summed E-state index contributed by atoms with van der Waals surface area (Å²) in [4.78, 5) is 26.4. The molecule has 7 nitrogen and oxygen atoms in total. The van der Waals surface area contributed by atoms with Crippen LogP contribution in [-0.4, -0.2) is 46.3 Å². The van der Waals surface area contributed by atoms with Gasteiger partial charge in [-0.1, -0.05) is 43.5 Å². The molecule has 7 heteroatoms. The van der Waals surface area contributed by atoms with Gasteiger partial charge >= 0.3 is 0 Å². The van der Waals surface area contributed by atoms with E-state index in [-0.39, 0.29) is 5.78 Å². The first kappa shape index (κ1) is 21.2. The Kier molecular flexibility index (Phi) is 6.26. The summed E-state index contributed by atoms with van der Waals surface area (Å²) >= 11 is 0. The van der Waals surface area contributed by atoms with Gasteiger partial charge in [-0.3, -0.25) is 9.69 Å². The molecule has 0 atom stereocenters. The van der Waals surface area contributed by atoms with Crippen molar-refractivity contribution in [2.45, 2.75) is 70.5 Å². The van der Waals surface area contributed by atoms with Gasteiger partial charge in [0.1, 0.15) is 11.6 Å². The third-order valence-corrected chi connectivity index (χ3v) is 6.97. The average molecular weight is 435 g/mol. The average Bonchev–Trinajstić information content (AvgIpc) is 3.29. The van der Waals surface area contributed by atoms with Crippen LogP contribution in [0.2, 0.25) is 0 Å². The number of anilines is 3. The number of nitrogens with one attached hydrogen (secondary N) is 1. The minimum Gasteiger partial charge on any atom is -0.383 e. The summed E-state index contributed by atoms with van der Waals surface area (Å²) in [6.07, 6.45) is 8.99. The molecule has 0 bridgehead atoms. The molecule has 2 fully saturated rings. The van der Waals surface area contributed by atoms with Gasteiger partial charge in [0.25, 0.3) is 0 Å². The van der Waals surface area contributed by atoms with Gasteiger partial charge in [0.2, 0.25) is 5.95 Å². The first-order valence-electron chi connectivity index (χ1n) is 12.1. The molecular weight excluding hydrogens is 400 g/mol. The van der Waals surface area contributed by atoms with E-state index in [4.69, 9.17) is 10.7 Å². The van der Waals surface area contributed by atoms with Crippen LogP contribution in [0.25, 0.3) is 0 Å². The highest BCUT2D eigenvalue weighted by Gasteiger charge is 2.28.